The summed E-state index contributed by atoms with van der Waals surface area (Å²) in [5.74, 6) is -0.991. The van der Waals surface area contributed by atoms with Crippen molar-refractivity contribution in [3.05, 3.63) is 33.8 Å². The molecule has 0 unspecified atom stereocenters. The average Bonchev–Trinajstić information content (AvgIpc) is 2.38. The van der Waals surface area contributed by atoms with Crippen molar-refractivity contribution in [1.82, 2.24) is 4.90 Å². The second-order valence-corrected chi connectivity index (χ2v) is 6.06. The van der Waals surface area contributed by atoms with Crippen LogP contribution in [0.5, 0.6) is 0 Å². The van der Waals surface area contributed by atoms with Gasteiger partial charge >= 0.3 is 0 Å². The number of aliphatic hydroxyl groups is 1. The molecule has 0 aromatic heterocycles. The summed E-state index contributed by atoms with van der Waals surface area (Å²) in [7, 11) is 0. The quantitative estimate of drug-likeness (QED) is 0.848. The number of carbonyl (C=O) groups excluding carboxylic acids is 2. The Balaban J connectivity index is 2.23. The molecule has 1 heterocycles. The lowest BCUT2D eigenvalue weighted by atomic mass is 9.92. The molecule has 108 valence electrons. The number of rotatable bonds is 2. The van der Waals surface area contributed by atoms with Gasteiger partial charge in [-0.25, -0.2) is 0 Å². The third-order valence-corrected chi connectivity index (χ3v) is 4.23. The lowest BCUT2D eigenvalue weighted by Crippen LogP contribution is -2.57. The maximum atomic E-state index is 12.5. The number of likely N-dealkylation sites (tertiary alicyclic amines) is 1. The average molecular weight is 341 g/mol. The number of amides is 2. The number of carbonyl (C=O) groups is 2. The van der Waals surface area contributed by atoms with Crippen molar-refractivity contribution in [2.24, 2.45) is 5.73 Å². The van der Waals surface area contributed by atoms with Gasteiger partial charge in [0.25, 0.3) is 11.8 Å². The molecule has 1 saturated heterocycles. The summed E-state index contributed by atoms with van der Waals surface area (Å²) in [5, 5.41) is 10.1. The summed E-state index contributed by atoms with van der Waals surface area (Å²) in [4.78, 5) is 25.3. The van der Waals surface area contributed by atoms with E-state index in [1.54, 1.807) is 6.07 Å². The molecule has 0 radical (unpaired) electrons. The van der Waals surface area contributed by atoms with E-state index in [0.29, 0.717) is 29.4 Å². The number of benzene rings is 1. The minimum atomic E-state index is -1.62. The van der Waals surface area contributed by atoms with Crippen LogP contribution in [-0.4, -0.2) is 40.5 Å². The van der Waals surface area contributed by atoms with Crippen LogP contribution < -0.4 is 5.73 Å². The fourth-order valence-corrected chi connectivity index (χ4v) is 3.04. The lowest BCUT2D eigenvalue weighted by molar-refractivity contribution is -0.140. The van der Waals surface area contributed by atoms with Crippen molar-refractivity contribution in [1.29, 1.82) is 0 Å². The highest BCUT2D eigenvalue weighted by atomic mass is 79.9. The van der Waals surface area contributed by atoms with Gasteiger partial charge in [0.15, 0.2) is 5.60 Å². The van der Waals surface area contributed by atoms with Crippen LogP contribution in [0.1, 0.15) is 28.8 Å². The van der Waals surface area contributed by atoms with Crippen molar-refractivity contribution in [3.8, 4) is 0 Å². The normalized spacial score (nSPS) is 22.6. The summed E-state index contributed by atoms with van der Waals surface area (Å²) in [5.41, 5.74) is 5.16. The number of aryl methyl sites for hydroxylation is 1. The van der Waals surface area contributed by atoms with Crippen LogP contribution >= 0.6 is 15.9 Å². The smallest absolute Gasteiger partial charge is 0.255 e. The van der Waals surface area contributed by atoms with Gasteiger partial charge in [0, 0.05) is 11.0 Å². The van der Waals surface area contributed by atoms with Gasteiger partial charge in [-0.05, 0) is 53.4 Å². The van der Waals surface area contributed by atoms with E-state index in [-0.39, 0.29) is 12.5 Å². The summed E-state index contributed by atoms with van der Waals surface area (Å²) in [6.45, 7) is 2.39. The maximum Gasteiger partial charge on any atom is 0.255 e. The van der Waals surface area contributed by atoms with E-state index in [0.717, 1.165) is 5.56 Å². The topological polar surface area (TPSA) is 83.6 Å². The number of primary amides is 1. The molecule has 1 fully saturated rings. The van der Waals surface area contributed by atoms with Crippen LogP contribution in [0, 0.1) is 6.92 Å². The van der Waals surface area contributed by atoms with Gasteiger partial charge in [0.05, 0.1) is 12.1 Å². The zero-order chi connectivity index (χ0) is 14.9. The zero-order valence-electron chi connectivity index (χ0n) is 11.2. The van der Waals surface area contributed by atoms with E-state index in [1.165, 1.54) is 4.90 Å². The Labute approximate surface area is 125 Å². The highest BCUT2D eigenvalue weighted by Gasteiger charge is 2.40. The fourth-order valence-electron chi connectivity index (χ4n) is 2.37. The maximum absolute atomic E-state index is 12.5. The number of piperidine rings is 1. The summed E-state index contributed by atoms with van der Waals surface area (Å²) in [6.07, 6.45) is 0.843. The van der Waals surface area contributed by atoms with Crippen LogP contribution in [0.15, 0.2) is 22.7 Å². The SMILES string of the molecule is Cc1ccc(C(=O)N2CCC[C@@](O)(C(N)=O)C2)c(Br)c1. The van der Waals surface area contributed by atoms with E-state index in [9.17, 15) is 14.7 Å². The number of hydrogen-bond acceptors (Lipinski definition) is 3. The van der Waals surface area contributed by atoms with Gasteiger partial charge in [-0.2, -0.15) is 0 Å². The summed E-state index contributed by atoms with van der Waals surface area (Å²) < 4.78 is 0.704. The number of β-amino-alcohol motifs (C(OH)–C–C–N with tert-alkyl or cyclic N) is 1. The molecule has 2 rings (SSSR count). The van der Waals surface area contributed by atoms with Crippen molar-refractivity contribution in [2.75, 3.05) is 13.1 Å². The molecule has 1 atom stereocenters. The van der Waals surface area contributed by atoms with Crippen molar-refractivity contribution in [2.45, 2.75) is 25.4 Å². The largest absolute Gasteiger partial charge is 0.378 e. The van der Waals surface area contributed by atoms with Crippen LogP contribution in [-0.2, 0) is 4.79 Å². The first-order valence-electron chi connectivity index (χ1n) is 6.41. The third kappa shape index (κ3) is 2.86. The van der Waals surface area contributed by atoms with Gasteiger partial charge in [-0.3, -0.25) is 9.59 Å². The Hall–Kier alpha value is -1.40. The molecule has 1 aliphatic rings. The van der Waals surface area contributed by atoms with Crippen LogP contribution in [0.25, 0.3) is 0 Å². The Morgan fingerprint density at radius 2 is 2.15 bits per heavy atom. The number of hydrogen-bond donors (Lipinski definition) is 2. The number of nitrogens with zero attached hydrogens (tertiary/aromatic N) is 1. The molecule has 0 aliphatic carbocycles. The van der Waals surface area contributed by atoms with E-state index < -0.39 is 11.5 Å². The van der Waals surface area contributed by atoms with E-state index in [4.69, 9.17) is 5.73 Å². The molecule has 6 heteroatoms. The predicted octanol–water partition coefficient (Wildman–Crippen LogP) is 1.21. The highest BCUT2D eigenvalue weighted by molar-refractivity contribution is 9.10. The first kappa shape index (κ1) is 15.0. The van der Waals surface area contributed by atoms with Crippen LogP contribution in [0.3, 0.4) is 0 Å². The molecule has 20 heavy (non-hydrogen) atoms. The third-order valence-electron chi connectivity index (χ3n) is 3.57. The molecule has 3 N–H and O–H groups in total. The van der Waals surface area contributed by atoms with Crippen molar-refractivity contribution >= 4 is 27.7 Å². The Morgan fingerprint density at radius 3 is 2.75 bits per heavy atom. The van der Waals surface area contributed by atoms with Gasteiger partial charge in [0.1, 0.15) is 0 Å². The minimum Gasteiger partial charge on any atom is -0.378 e. The molecule has 0 bridgehead atoms. The molecule has 0 spiro atoms. The van der Waals surface area contributed by atoms with Crippen LogP contribution in [0.4, 0.5) is 0 Å². The molecular formula is C14H17BrN2O3. The van der Waals surface area contributed by atoms with Gasteiger partial charge in [-0.15, -0.1) is 0 Å². The molecule has 1 aromatic rings. The lowest BCUT2D eigenvalue weighted by Gasteiger charge is -2.37. The van der Waals surface area contributed by atoms with Crippen LogP contribution in [0.2, 0.25) is 0 Å². The van der Waals surface area contributed by atoms with Crippen molar-refractivity contribution < 1.29 is 14.7 Å². The second-order valence-electron chi connectivity index (χ2n) is 5.21. The monoisotopic (exact) mass is 340 g/mol. The Bertz CT molecular complexity index is 561. The number of nitrogens with two attached hydrogens (primary N) is 1. The number of halogens is 1. The molecule has 1 aliphatic heterocycles. The Morgan fingerprint density at radius 1 is 1.45 bits per heavy atom. The van der Waals surface area contributed by atoms with Gasteiger partial charge in [0.2, 0.25) is 0 Å². The predicted molar refractivity (Wildman–Crippen MR) is 78.2 cm³/mol. The van der Waals surface area contributed by atoms with Gasteiger partial charge < -0.3 is 15.7 Å². The van der Waals surface area contributed by atoms with Gasteiger partial charge in [-0.1, -0.05) is 6.07 Å². The second kappa shape index (κ2) is 5.54. The Kier molecular flexibility index (Phi) is 4.15. The van der Waals surface area contributed by atoms with Crippen molar-refractivity contribution in [3.63, 3.8) is 0 Å². The standard InChI is InChI=1S/C14H17BrN2O3/c1-9-3-4-10(11(15)7-9)12(18)17-6-2-5-14(20,8-17)13(16)19/h3-4,7,20H,2,5-6,8H2,1H3,(H2,16,19)/t14-/m0/s1. The summed E-state index contributed by atoms with van der Waals surface area (Å²) >= 11 is 3.37. The first-order valence-corrected chi connectivity index (χ1v) is 7.20. The highest BCUT2D eigenvalue weighted by Crippen LogP contribution is 2.25. The molecule has 5 nitrogen and oxygen atoms in total. The van der Waals surface area contributed by atoms with E-state index in [1.807, 2.05) is 19.1 Å². The fraction of sp³-hybridized carbons (Fsp3) is 0.429. The summed E-state index contributed by atoms with van der Waals surface area (Å²) in [6, 6.07) is 5.44. The minimum absolute atomic E-state index is 0.0541. The zero-order valence-corrected chi connectivity index (χ0v) is 12.8. The first-order chi connectivity index (χ1) is 9.33. The molecule has 2 amide bonds. The molecule has 0 saturated carbocycles. The van der Waals surface area contributed by atoms with E-state index in [2.05, 4.69) is 15.9 Å². The molecular weight excluding hydrogens is 324 g/mol. The van der Waals surface area contributed by atoms with E-state index >= 15 is 0 Å². The molecule has 1 aromatic carbocycles.